The zero-order chi connectivity index (χ0) is 7.23. The highest BCUT2D eigenvalue weighted by atomic mass is 15.2. The van der Waals surface area contributed by atoms with Crippen LogP contribution < -0.4 is 0 Å². The maximum Gasteiger partial charge on any atom is 0.0467 e. The van der Waals surface area contributed by atoms with E-state index >= 15 is 0 Å². The van der Waals surface area contributed by atoms with Crippen molar-refractivity contribution in [3.8, 4) is 0 Å². The van der Waals surface area contributed by atoms with E-state index in [-0.39, 0.29) is 0 Å². The van der Waals surface area contributed by atoms with Gasteiger partial charge in [0.25, 0.3) is 0 Å². The van der Waals surface area contributed by atoms with Crippen LogP contribution in [-0.2, 0) is 0 Å². The predicted molar refractivity (Wildman–Crippen MR) is 44.5 cm³/mol. The molecule has 1 rings (SSSR count). The molecule has 1 nitrogen and oxygen atoms in total. The number of hydrogen-bond donors (Lipinski definition) is 0. The Morgan fingerprint density at radius 1 is 1.00 bits per heavy atom. The molecule has 0 aliphatic carbocycles. The van der Waals surface area contributed by atoms with E-state index in [0.29, 0.717) is 0 Å². The molecule has 0 aromatic heterocycles. The molecule has 0 saturated carbocycles. The lowest BCUT2D eigenvalue weighted by Gasteiger charge is -2.15. The molecule has 0 amide bonds. The number of nitrogens with zero attached hydrogens (tertiary/aromatic N) is 1. The standard InChI is InChI=1S/C9H16N/c1-2-7-10-8-5-3-4-6-9-10/h2,7H,1,3-6,8-9H2/i8+1. The Bertz CT molecular complexity index is 90.9. The number of likely N-dealkylation sites (tertiary alicyclic amines) is 1. The smallest absolute Gasteiger partial charge is 0.0467 e. The fourth-order valence-corrected chi connectivity index (χ4v) is 1.39. The van der Waals surface area contributed by atoms with Crippen molar-refractivity contribution in [3.63, 3.8) is 0 Å². The summed E-state index contributed by atoms with van der Waals surface area (Å²) < 4.78 is 0. The molecule has 0 bridgehead atoms. The van der Waals surface area contributed by atoms with Crippen molar-refractivity contribution in [3.05, 3.63) is 19.2 Å². The molecule has 1 radical (unpaired) electrons. The van der Waals surface area contributed by atoms with E-state index < -0.39 is 0 Å². The second-order valence-electron chi connectivity index (χ2n) is 2.83. The van der Waals surface area contributed by atoms with Crippen LogP contribution in [0.25, 0.3) is 0 Å². The van der Waals surface area contributed by atoms with Gasteiger partial charge < -0.3 is 0 Å². The first-order chi connectivity index (χ1) is 4.93. The second kappa shape index (κ2) is 4.51. The Labute approximate surface area is 63.7 Å². The van der Waals surface area contributed by atoms with Crippen LogP contribution in [0, 0.1) is 6.54 Å². The molecule has 1 fully saturated rings. The summed E-state index contributed by atoms with van der Waals surface area (Å²) in [7, 11) is 0. The zero-order valence-corrected chi connectivity index (χ0v) is 6.55. The quantitative estimate of drug-likeness (QED) is 0.530. The fourth-order valence-electron chi connectivity index (χ4n) is 1.39. The Morgan fingerprint density at radius 3 is 2.10 bits per heavy atom. The van der Waals surface area contributed by atoms with Crippen LogP contribution in [0.2, 0.25) is 0 Å². The van der Waals surface area contributed by atoms with Crippen LogP contribution >= 0.6 is 0 Å². The third-order valence-corrected chi connectivity index (χ3v) is 1.96. The minimum Gasteiger partial charge on any atom is -0.295 e. The Balaban J connectivity index is 2.21. The van der Waals surface area contributed by atoms with Crippen LogP contribution in [0.1, 0.15) is 25.7 Å². The average Bonchev–Trinajstić information content (AvgIpc) is 2.17. The van der Waals surface area contributed by atoms with Crippen LogP contribution in [0.4, 0.5) is 0 Å². The number of rotatable bonds is 2. The van der Waals surface area contributed by atoms with Gasteiger partial charge in [-0.1, -0.05) is 18.9 Å². The highest BCUT2D eigenvalue weighted by molar-refractivity contribution is 4.87. The SMILES string of the molecule is C=C[CH]N1CCCCC[13CH2]1. The molecule has 1 aliphatic rings. The molecule has 0 aromatic carbocycles. The van der Waals surface area contributed by atoms with Gasteiger partial charge in [0.15, 0.2) is 0 Å². The molecule has 0 unspecified atom stereocenters. The summed E-state index contributed by atoms with van der Waals surface area (Å²) >= 11 is 0. The lowest BCUT2D eigenvalue weighted by Crippen LogP contribution is -2.20. The summed E-state index contributed by atoms with van der Waals surface area (Å²) in [5.74, 6) is 0. The minimum atomic E-state index is 1.23. The van der Waals surface area contributed by atoms with Gasteiger partial charge in [0.05, 0.1) is 0 Å². The first kappa shape index (κ1) is 7.80. The molecule has 0 atom stereocenters. The van der Waals surface area contributed by atoms with E-state index in [2.05, 4.69) is 18.0 Å². The van der Waals surface area contributed by atoms with Gasteiger partial charge in [-0.25, -0.2) is 0 Å². The second-order valence-corrected chi connectivity index (χ2v) is 2.83. The molecule has 57 valence electrons. The van der Waals surface area contributed by atoms with E-state index in [4.69, 9.17) is 0 Å². The van der Waals surface area contributed by atoms with Crippen molar-refractivity contribution >= 4 is 0 Å². The minimum absolute atomic E-state index is 1.23. The lowest BCUT2D eigenvalue weighted by atomic mass is 10.2. The summed E-state index contributed by atoms with van der Waals surface area (Å²) in [5.41, 5.74) is 0. The maximum absolute atomic E-state index is 3.69. The predicted octanol–water partition coefficient (Wildman–Crippen LogP) is 2.21. The molecular weight excluding hydrogens is 123 g/mol. The van der Waals surface area contributed by atoms with E-state index in [1.807, 2.05) is 6.08 Å². The van der Waals surface area contributed by atoms with Gasteiger partial charge >= 0.3 is 0 Å². The molecule has 1 saturated heterocycles. The van der Waals surface area contributed by atoms with E-state index in [0.717, 1.165) is 0 Å². The van der Waals surface area contributed by atoms with E-state index in [9.17, 15) is 0 Å². The normalized spacial score (nSPS) is 22.0. The highest BCUT2D eigenvalue weighted by Gasteiger charge is 2.05. The summed E-state index contributed by atoms with van der Waals surface area (Å²) in [6.07, 6.45) is 7.39. The van der Waals surface area contributed by atoms with Crippen molar-refractivity contribution in [2.45, 2.75) is 25.7 Å². The van der Waals surface area contributed by atoms with Gasteiger partial charge in [-0.15, -0.1) is 6.58 Å². The van der Waals surface area contributed by atoms with E-state index in [1.165, 1.54) is 38.8 Å². The van der Waals surface area contributed by atoms with Crippen LogP contribution in [0.15, 0.2) is 12.7 Å². The van der Waals surface area contributed by atoms with Crippen molar-refractivity contribution in [2.24, 2.45) is 0 Å². The summed E-state index contributed by atoms with van der Waals surface area (Å²) in [4.78, 5) is 2.36. The highest BCUT2D eigenvalue weighted by Crippen LogP contribution is 2.10. The molecule has 10 heavy (non-hydrogen) atoms. The first-order valence-corrected chi connectivity index (χ1v) is 4.13. The molecule has 0 aromatic rings. The van der Waals surface area contributed by atoms with Crippen LogP contribution in [0.3, 0.4) is 0 Å². The molecule has 1 aliphatic heterocycles. The summed E-state index contributed by atoms with van der Waals surface area (Å²) in [6, 6.07) is 0. The van der Waals surface area contributed by atoms with Crippen molar-refractivity contribution in [1.82, 2.24) is 4.90 Å². The Morgan fingerprint density at radius 2 is 1.60 bits per heavy atom. The van der Waals surface area contributed by atoms with Gasteiger partial charge in [0.2, 0.25) is 0 Å². The van der Waals surface area contributed by atoms with Gasteiger partial charge in [0.1, 0.15) is 0 Å². The van der Waals surface area contributed by atoms with Crippen molar-refractivity contribution in [2.75, 3.05) is 13.1 Å². The van der Waals surface area contributed by atoms with Crippen LogP contribution in [-0.4, -0.2) is 18.0 Å². The van der Waals surface area contributed by atoms with Crippen molar-refractivity contribution in [1.29, 1.82) is 0 Å². The third-order valence-electron chi connectivity index (χ3n) is 1.96. The largest absolute Gasteiger partial charge is 0.295 e. The van der Waals surface area contributed by atoms with Gasteiger partial charge in [-0.3, -0.25) is 4.90 Å². The monoisotopic (exact) mass is 139 g/mol. The topological polar surface area (TPSA) is 3.24 Å². The summed E-state index contributed by atoms with van der Waals surface area (Å²) in [6.45, 7) is 8.25. The van der Waals surface area contributed by atoms with Crippen molar-refractivity contribution < 1.29 is 0 Å². The first-order valence-electron chi connectivity index (χ1n) is 4.13. The maximum atomic E-state index is 3.69. The Hall–Kier alpha value is -0.300. The fraction of sp³-hybridized carbons (Fsp3) is 0.667. The van der Waals surface area contributed by atoms with Gasteiger partial charge in [-0.2, -0.15) is 0 Å². The van der Waals surface area contributed by atoms with Gasteiger partial charge in [0, 0.05) is 6.54 Å². The molecule has 0 N–H and O–H groups in total. The van der Waals surface area contributed by atoms with E-state index in [1.54, 1.807) is 0 Å². The zero-order valence-electron chi connectivity index (χ0n) is 6.55. The molecule has 0 spiro atoms. The lowest BCUT2D eigenvalue weighted by molar-refractivity contribution is 0.362. The average molecular weight is 139 g/mol. The molecule has 1 heterocycles. The Kier molecular flexibility index (Phi) is 3.52. The van der Waals surface area contributed by atoms with Gasteiger partial charge in [-0.05, 0) is 25.9 Å². The molecule has 1 heteroatoms. The summed E-state index contributed by atoms with van der Waals surface area (Å²) in [5, 5.41) is 0. The third kappa shape index (κ3) is 2.53. The molecular formula is C9H16N. The number of hydrogen-bond acceptors (Lipinski definition) is 1. The van der Waals surface area contributed by atoms with Crippen LogP contribution in [0.5, 0.6) is 0 Å².